The van der Waals surface area contributed by atoms with Crippen molar-refractivity contribution in [2.24, 2.45) is 5.41 Å². The molecule has 0 bridgehead atoms. The van der Waals surface area contributed by atoms with E-state index in [1.165, 1.54) is 25.9 Å². The minimum Gasteiger partial charge on any atom is -0.352 e. The number of carbonyl (C=O) groups excluding carboxylic acids is 1. The Bertz CT molecular complexity index is 281. The molecule has 0 spiro atoms. The lowest BCUT2D eigenvalue weighted by Crippen LogP contribution is -2.48. The zero-order valence-electron chi connectivity index (χ0n) is 11.8. The molecular weight excluding hydrogens is 226 g/mol. The Morgan fingerprint density at radius 1 is 1.44 bits per heavy atom. The van der Waals surface area contributed by atoms with Crippen LogP contribution in [0.3, 0.4) is 0 Å². The van der Waals surface area contributed by atoms with Gasteiger partial charge in [-0.2, -0.15) is 0 Å². The van der Waals surface area contributed by atoms with Crippen molar-refractivity contribution >= 4 is 5.91 Å². The highest BCUT2D eigenvalue weighted by atomic mass is 16.2. The van der Waals surface area contributed by atoms with Gasteiger partial charge in [0, 0.05) is 19.1 Å². The molecule has 0 aromatic rings. The normalized spacial score (nSPS) is 30.6. The monoisotopic (exact) mass is 253 g/mol. The molecule has 4 heteroatoms. The van der Waals surface area contributed by atoms with Crippen LogP contribution >= 0.6 is 0 Å². The fourth-order valence-electron chi connectivity index (χ4n) is 3.17. The Labute approximate surface area is 110 Å². The third-order valence-corrected chi connectivity index (χ3v) is 4.51. The smallest absolute Gasteiger partial charge is 0.227 e. The molecule has 2 atom stereocenters. The van der Waals surface area contributed by atoms with E-state index in [0.29, 0.717) is 0 Å². The standard InChI is InChI=1S/C14H27N3O/c1-3-14(6-7-15-11-14)13(18)16-12(2)10-17-8-4-5-9-17/h12,15H,3-11H2,1-2H3,(H,16,18). The second kappa shape index (κ2) is 6.02. The van der Waals surface area contributed by atoms with Gasteiger partial charge in [-0.05, 0) is 52.2 Å². The summed E-state index contributed by atoms with van der Waals surface area (Å²) in [5.74, 6) is 0.252. The largest absolute Gasteiger partial charge is 0.352 e. The molecule has 2 fully saturated rings. The van der Waals surface area contributed by atoms with E-state index in [1.807, 2.05) is 0 Å². The predicted molar refractivity (Wildman–Crippen MR) is 73.5 cm³/mol. The third-order valence-electron chi connectivity index (χ3n) is 4.51. The van der Waals surface area contributed by atoms with Gasteiger partial charge in [-0.1, -0.05) is 6.92 Å². The quantitative estimate of drug-likeness (QED) is 0.767. The molecule has 0 aromatic heterocycles. The first-order chi connectivity index (χ1) is 8.66. The summed E-state index contributed by atoms with van der Waals surface area (Å²) in [7, 11) is 0. The van der Waals surface area contributed by atoms with Crippen molar-refractivity contribution in [3.8, 4) is 0 Å². The minimum atomic E-state index is -0.154. The number of nitrogens with zero attached hydrogens (tertiary/aromatic N) is 1. The van der Waals surface area contributed by atoms with Crippen molar-refractivity contribution < 1.29 is 4.79 Å². The summed E-state index contributed by atoms with van der Waals surface area (Å²) in [6.45, 7) is 9.45. The van der Waals surface area contributed by atoms with Crippen LogP contribution in [0, 0.1) is 5.41 Å². The number of carbonyl (C=O) groups is 1. The molecule has 18 heavy (non-hydrogen) atoms. The summed E-state index contributed by atoms with van der Waals surface area (Å²) in [5, 5.41) is 6.54. The van der Waals surface area contributed by atoms with Gasteiger partial charge in [-0.25, -0.2) is 0 Å². The molecule has 2 unspecified atom stereocenters. The van der Waals surface area contributed by atoms with Crippen LogP contribution in [0.15, 0.2) is 0 Å². The maximum Gasteiger partial charge on any atom is 0.227 e. The highest BCUT2D eigenvalue weighted by Crippen LogP contribution is 2.29. The molecule has 104 valence electrons. The van der Waals surface area contributed by atoms with Crippen LogP contribution in [0.2, 0.25) is 0 Å². The lowest BCUT2D eigenvalue weighted by atomic mass is 9.83. The van der Waals surface area contributed by atoms with Crippen LogP contribution in [-0.4, -0.2) is 49.6 Å². The summed E-state index contributed by atoms with van der Waals surface area (Å²) >= 11 is 0. The summed E-state index contributed by atoms with van der Waals surface area (Å²) in [6, 6.07) is 0.264. The first-order valence-electron chi connectivity index (χ1n) is 7.40. The van der Waals surface area contributed by atoms with Crippen LogP contribution in [0.4, 0.5) is 0 Å². The van der Waals surface area contributed by atoms with Gasteiger partial charge in [0.1, 0.15) is 0 Å². The predicted octanol–water partition coefficient (Wildman–Crippen LogP) is 0.977. The first kappa shape index (κ1) is 13.8. The van der Waals surface area contributed by atoms with Crippen LogP contribution in [0.25, 0.3) is 0 Å². The second-order valence-electron chi connectivity index (χ2n) is 5.94. The fourth-order valence-corrected chi connectivity index (χ4v) is 3.17. The van der Waals surface area contributed by atoms with Crippen molar-refractivity contribution in [1.82, 2.24) is 15.5 Å². The highest BCUT2D eigenvalue weighted by Gasteiger charge is 2.39. The Hall–Kier alpha value is -0.610. The Balaban J connectivity index is 1.81. The zero-order chi connectivity index (χ0) is 13.0. The Morgan fingerprint density at radius 2 is 2.17 bits per heavy atom. The van der Waals surface area contributed by atoms with E-state index in [-0.39, 0.29) is 17.4 Å². The van der Waals surface area contributed by atoms with E-state index in [1.54, 1.807) is 0 Å². The lowest BCUT2D eigenvalue weighted by molar-refractivity contribution is -0.131. The average molecular weight is 253 g/mol. The van der Waals surface area contributed by atoms with Gasteiger partial charge >= 0.3 is 0 Å². The molecule has 1 amide bonds. The zero-order valence-corrected chi connectivity index (χ0v) is 11.8. The van der Waals surface area contributed by atoms with E-state index >= 15 is 0 Å². The van der Waals surface area contributed by atoms with Gasteiger partial charge in [0.25, 0.3) is 0 Å². The molecule has 4 nitrogen and oxygen atoms in total. The number of hydrogen-bond donors (Lipinski definition) is 2. The second-order valence-corrected chi connectivity index (χ2v) is 5.94. The number of likely N-dealkylation sites (tertiary alicyclic amines) is 1. The van der Waals surface area contributed by atoms with Gasteiger partial charge in [0.15, 0.2) is 0 Å². The molecule has 0 radical (unpaired) electrons. The van der Waals surface area contributed by atoms with Crippen LogP contribution in [0.1, 0.15) is 39.5 Å². The van der Waals surface area contributed by atoms with Crippen molar-refractivity contribution in [2.75, 3.05) is 32.7 Å². The van der Waals surface area contributed by atoms with Crippen molar-refractivity contribution in [3.63, 3.8) is 0 Å². The Morgan fingerprint density at radius 3 is 2.72 bits per heavy atom. The van der Waals surface area contributed by atoms with Gasteiger partial charge in [-0.3, -0.25) is 4.79 Å². The topological polar surface area (TPSA) is 44.4 Å². The molecule has 2 rings (SSSR count). The highest BCUT2D eigenvalue weighted by molar-refractivity contribution is 5.83. The van der Waals surface area contributed by atoms with Gasteiger partial charge in [0.2, 0.25) is 5.91 Å². The SMILES string of the molecule is CCC1(C(=O)NC(C)CN2CCCC2)CCNC1. The average Bonchev–Trinajstić information content (AvgIpc) is 2.99. The maximum atomic E-state index is 12.4. The molecule has 2 N–H and O–H groups in total. The number of rotatable bonds is 5. The molecule has 2 saturated heterocycles. The number of amides is 1. The summed E-state index contributed by atoms with van der Waals surface area (Å²) < 4.78 is 0. The molecule has 2 aliphatic rings. The van der Waals surface area contributed by atoms with Gasteiger partial charge < -0.3 is 15.5 Å². The first-order valence-corrected chi connectivity index (χ1v) is 7.40. The molecule has 0 aromatic carbocycles. The van der Waals surface area contributed by atoms with E-state index in [0.717, 1.165) is 32.5 Å². The summed E-state index contributed by atoms with van der Waals surface area (Å²) in [4.78, 5) is 14.9. The lowest BCUT2D eigenvalue weighted by Gasteiger charge is -2.29. The molecular formula is C14H27N3O. The molecule has 2 aliphatic heterocycles. The number of nitrogens with one attached hydrogen (secondary N) is 2. The van der Waals surface area contributed by atoms with Crippen LogP contribution < -0.4 is 10.6 Å². The fraction of sp³-hybridized carbons (Fsp3) is 0.929. The summed E-state index contributed by atoms with van der Waals surface area (Å²) in [5.41, 5.74) is -0.154. The van der Waals surface area contributed by atoms with E-state index < -0.39 is 0 Å². The van der Waals surface area contributed by atoms with Crippen molar-refractivity contribution in [2.45, 2.75) is 45.6 Å². The van der Waals surface area contributed by atoms with Crippen molar-refractivity contribution in [3.05, 3.63) is 0 Å². The van der Waals surface area contributed by atoms with Gasteiger partial charge in [-0.15, -0.1) is 0 Å². The van der Waals surface area contributed by atoms with E-state index in [4.69, 9.17) is 0 Å². The third kappa shape index (κ3) is 3.04. The number of hydrogen-bond acceptors (Lipinski definition) is 3. The summed E-state index contributed by atoms with van der Waals surface area (Å²) in [6.07, 6.45) is 4.53. The van der Waals surface area contributed by atoms with E-state index in [2.05, 4.69) is 29.4 Å². The molecule has 2 heterocycles. The van der Waals surface area contributed by atoms with Crippen LogP contribution in [0.5, 0.6) is 0 Å². The minimum absolute atomic E-state index is 0.154. The maximum absolute atomic E-state index is 12.4. The van der Waals surface area contributed by atoms with Gasteiger partial charge in [0.05, 0.1) is 5.41 Å². The molecule has 0 saturated carbocycles. The van der Waals surface area contributed by atoms with Crippen molar-refractivity contribution in [1.29, 1.82) is 0 Å². The Kier molecular flexibility index (Phi) is 4.62. The molecule has 0 aliphatic carbocycles. The van der Waals surface area contributed by atoms with E-state index in [9.17, 15) is 4.79 Å². The van der Waals surface area contributed by atoms with Crippen LogP contribution in [-0.2, 0) is 4.79 Å².